The molecule has 1 fully saturated rings. The standard InChI is InChI=1S/C18H17N/c1-2-7-13(6-1)15-10-5-11-17-18(15)16-9-4-3-8-14(16)12-19-17/h3-5,8-13H,1-2,6-7H2. The summed E-state index contributed by atoms with van der Waals surface area (Å²) >= 11 is 0. The predicted molar refractivity (Wildman–Crippen MR) is 80.5 cm³/mol. The number of nitrogens with zero attached hydrogens (tertiary/aromatic N) is 1. The summed E-state index contributed by atoms with van der Waals surface area (Å²) in [5.41, 5.74) is 2.66. The molecular weight excluding hydrogens is 230 g/mol. The van der Waals surface area contributed by atoms with Gasteiger partial charge in [0.1, 0.15) is 0 Å². The molecule has 0 radical (unpaired) electrons. The van der Waals surface area contributed by atoms with Gasteiger partial charge in [0, 0.05) is 17.0 Å². The second-order valence-corrected chi connectivity index (χ2v) is 5.57. The first kappa shape index (κ1) is 11.0. The Morgan fingerprint density at radius 1 is 0.895 bits per heavy atom. The van der Waals surface area contributed by atoms with E-state index in [2.05, 4.69) is 47.4 Å². The topological polar surface area (TPSA) is 12.9 Å². The monoisotopic (exact) mass is 247 g/mol. The van der Waals surface area contributed by atoms with E-state index in [9.17, 15) is 0 Å². The Labute approximate surface area is 113 Å². The van der Waals surface area contributed by atoms with Gasteiger partial charge in [0.15, 0.2) is 0 Å². The molecule has 19 heavy (non-hydrogen) atoms. The second kappa shape index (κ2) is 4.34. The van der Waals surface area contributed by atoms with Crippen LogP contribution >= 0.6 is 0 Å². The zero-order valence-electron chi connectivity index (χ0n) is 11.0. The van der Waals surface area contributed by atoms with Crippen LogP contribution in [0.4, 0.5) is 0 Å². The van der Waals surface area contributed by atoms with Crippen molar-refractivity contribution in [2.24, 2.45) is 0 Å². The summed E-state index contributed by atoms with van der Waals surface area (Å²) < 4.78 is 0. The first-order chi connectivity index (χ1) is 9.43. The molecule has 0 N–H and O–H groups in total. The van der Waals surface area contributed by atoms with Gasteiger partial charge in [-0.25, -0.2) is 0 Å². The van der Waals surface area contributed by atoms with Crippen molar-refractivity contribution >= 4 is 21.7 Å². The van der Waals surface area contributed by atoms with Gasteiger partial charge in [0.05, 0.1) is 5.52 Å². The van der Waals surface area contributed by atoms with Crippen molar-refractivity contribution in [1.29, 1.82) is 0 Å². The average molecular weight is 247 g/mol. The summed E-state index contributed by atoms with van der Waals surface area (Å²) in [6.45, 7) is 0. The lowest BCUT2D eigenvalue weighted by atomic mass is 9.91. The molecule has 1 aliphatic rings. The Morgan fingerprint density at radius 3 is 2.63 bits per heavy atom. The molecule has 1 heteroatoms. The van der Waals surface area contributed by atoms with Gasteiger partial charge in [0.25, 0.3) is 0 Å². The minimum atomic E-state index is 0.733. The Morgan fingerprint density at radius 2 is 1.74 bits per heavy atom. The van der Waals surface area contributed by atoms with Crippen molar-refractivity contribution in [1.82, 2.24) is 4.98 Å². The molecule has 1 saturated carbocycles. The summed E-state index contributed by atoms with van der Waals surface area (Å²) in [7, 11) is 0. The van der Waals surface area contributed by atoms with Gasteiger partial charge in [-0.05, 0) is 35.8 Å². The summed E-state index contributed by atoms with van der Waals surface area (Å²) in [6, 6.07) is 15.2. The SMILES string of the molecule is c1ccc2c(c1)cnc1cccc(C3CCCC3)c12. The van der Waals surface area contributed by atoms with Crippen molar-refractivity contribution in [2.45, 2.75) is 31.6 Å². The van der Waals surface area contributed by atoms with E-state index in [1.807, 2.05) is 6.20 Å². The summed E-state index contributed by atoms with van der Waals surface area (Å²) in [4.78, 5) is 4.64. The van der Waals surface area contributed by atoms with E-state index in [1.54, 1.807) is 0 Å². The molecule has 0 spiro atoms. The molecule has 0 unspecified atom stereocenters. The minimum absolute atomic E-state index is 0.733. The summed E-state index contributed by atoms with van der Waals surface area (Å²) in [5.74, 6) is 0.733. The van der Waals surface area contributed by atoms with Crippen LogP contribution in [-0.4, -0.2) is 4.98 Å². The quantitative estimate of drug-likeness (QED) is 0.549. The first-order valence-corrected chi connectivity index (χ1v) is 7.20. The van der Waals surface area contributed by atoms with Gasteiger partial charge in [-0.15, -0.1) is 0 Å². The Balaban J connectivity index is 2.09. The zero-order valence-corrected chi connectivity index (χ0v) is 11.0. The van der Waals surface area contributed by atoms with Crippen LogP contribution in [0, 0.1) is 0 Å². The molecule has 4 rings (SSSR count). The van der Waals surface area contributed by atoms with Crippen LogP contribution in [0.2, 0.25) is 0 Å². The third kappa shape index (κ3) is 1.73. The van der Waals surface area contributed by atoms with E-state index in [0.717, 1.165) is 11.4 Å². The highest BCUT2D eigenvalue weighted by atomic mass is 14.6. The summed E-state index contributed by atoms with van der Waals surface area (Å²) in [6.07, 6.45) is 7.42. The molecule has 0 bridgehead atoms. The number of fused-ring (bicyclic) bond motifs is 3. The highest BCUT2D eigenvalue weighted by Gasteiger charge is 2.20. The first-order valence-electron chi connectivity index (χ1n) is 7.20. The van der Waals surface area contributed by atoms with Gasteiger partial charge in [-0.3, -0.25) is 4.98 Å². The van der Waals surface area contributed by atoms with Crippen molar-refractivity contribution in [3.05, 3.63) is 54.2 Å². The maximum atomic E-state index is 4.64. The van der Waals surface area contributed by atoms with E-state index in [-0.39, 0.29) is 0 Å². The van der Waals surface area contributed by atoms with Gasteiger partial charge < -0.3 is 0 Å². The molecule has 0 saturated heterocycles. The molecule has 1 nitrogen and oxygen atoms in total. The van der Waals surface area contributed by atoms with Crippen LogP contribution in [0.25, 0.3) is 21.7 Å². The molecule has 2 aromatic carbocycles. The molecule has 0 amide bonds. The number of pyridine rings is 1. The largest absolute Gasteiger partial charge is 0.256 e. The molecule has 1 aromatic heterocycles. The molecule has 94 valence electrons. The molecule has 3 aromatic rings. The van der Waals surface area contributed by atoms with E-state index in [0.29, 0.717) is 0 Å². The fraction of sp³-hybridized carbons (Fsp3) is 0.278. The predicted octanol–water partition coefficient (Wildman–Crippen LogP) is 5.05. The molecule has 1 aliphatic carbocycles. The van der Waals surface area contributed by atoms with Gasteiger partial charge >= 0.3 is 0 Å². The van der Waals surface area contributed by atoms with Crippen LogP contribution in [0.15, 0.2) is 48.7 Å². The zero-order chi connectivity index (χ0) is 12.7. The lowest BCUT2D eigenvalue weighted by Gasteiger charge is -2.14. The van der Waals surface area contributed by atoms with Crippen LogP contribution in [0.3, 0.4) is 0 Å². The van der Waals surface area contributed by atoms with Crippen molar-refractivity contribution < 1.29 is 0 Å². The third-order valence-corrected chi connectivity index (χ3v) is 4.44. The summed E-state index contributed by atoms with van der Waals surface area (Å²) in [5, 5.41) is 3.99. The van der Waals surface area contributed by atoms with Crippen molar-refractivity contribution in [3.8, 4) is 0 Å². The van der Waals surface area contributed by atoms with E-state index in [4.69, 9.17) is 0 Å². The van der Waals surface area contributed by atoms with Gasteiger partial charge in [0.2, 0.25) is 0 Å². The van der Waals surface area contributed by atoms with Gasteiger partial charge in [-0.2, -0.15) is 0 Å². The lowest BCUT2D eigenvalue weighted by Crippen LogP contribution is -1.95. The normalized spacial score (nSPS) is 16.4. The van der Waals surface area contributed by atoms with Crippen LogP contribution in [0.1, 0.15) is 37.2 Å². The van der Waals surface area contributed by atoms with E-state index < -0.39 is 0 Å². The number of rotatable bonds is 1. The molecule has 1 heterocycles. The highest BCUT2D eigenvalue weighted by molar-refractivity contribution is 6.07. The Kier molecular flexibility index (Phi) is 2.51. The van der Waals surface area contributed by atoms with Crippen LogP contribution in [-0.2, 0) is 0 Å². The fourth-order valence-corrected chi connectivity index (χ4v) is 3.51. The number of hydrogen-bond acceptors (Lipinski definition) is 1. The maximum absolute atomic E-state index is 4.64. The molecule has 0 atom stereocenters. The smallest absolute Gasteiger partial charge is 0.0711 e. The van der Waals surface area contributed by atoms with Crippen molar-refractivity contribution in [3.63, 3.8) is 0 Å². The Bertz CT molecular complexity index is 739. The Hall–Kier alpha value is -1.89. The number of hydrogen-bond donors (Lipinski definition) is 0. The fourth-order valence-electron chi connectivity index (χ4n) is 3.51. The average Bonchev–Trinajstić information content (AvgIpc) is 3.00. The van der Waals surface area contributed by atoms with E-state index >= 15 is 0 Å². The molecular formula is C18H17N. The highest BCUT2D eigenvalue weighted by Crippen LogP contribution is 2.39. The minimum Gasteiger partial charge on any atom is -0.256 e. The van der Waals surface area contributed by atoms with E-state index in [1.165, 1.54) is 47.4 Å². The van der Waals surface area contributed by atoms with Crippen LogP contribution < -0.4 is 0 Å². The number of benzene rings is 2. The van der Waals surface area contributed by atoms with Crippen LogP contribution in [0.5, 0.6) is 0 Å². The van der Waals surface area contributed by atoms with Crippen molar-refractivity contribution in [2.75, 3.05) is 0 Å². The third-order valence-electron chi connectivity index (χ3n) is 4.44. The second-order valence-electron chi connectivity index (χ2n) is 5.57. The maximum Gasteiger partial charge on any atom is 0.0711 e. The number of aromatic nitrogens is 1. The molecule has 0 aliphatic heterocycles. The van der Waals surface area contributed by atoms with Gasteiger partial charge in [-0.1, -0.05) is 49.2 Å². The lowest BCUT2D eigenvalue weighted by molar-refractivity contribution is 0.730.